The maximum absolute atomic E-state index is 10.8. The Morgan fingerprint density at radius 2 is 2.08 bits per heavy atom. The topological polar surface area (TPSA) is 64.1 Å². The number of ether oxygens (including phenoxy) is 1. The van der Waals surface area contributed by atoms with Crippen LogP contribution in [0.4, 0.5) is 0 Å². The molecule has 1 saturated heterocycles. The SMILES string of the molecule is Cc1cccc([C@@H](c2sc3nc(C)nn3c2O)[NH+]2CCOCC2)c1. The van der Waals surface area contributed by atoms with Gasteiger partial charge in [-0.25, -0.2) is 4.98 Å². The Hall–Kier alpha value is -1.96. The van der Waals surface area contributed by atoms with E-state index in [0.29, 0.717) is 5.82 Å². The van der Waals surface area contributed by atoms with E-state index in [-0.39, 0.29) is 11.9 Å². The van der Waals surface area contributed by atoms with Crippen LogP contribution in [0.3, 0.4) is 0 Å². The molecule has 3 aromatic rings. The molecule has 2 N–H and O–H groups in total. The number of morpholine rings is 1. The molecule has 1 atom stereocenters. The second kappa shape index (κ2) is 6.16. The minimum Gasteiger partial charge on any atom is -0.492 e. The van der Waals surface area contributed by atoms with Crippen molar-refractivity contribution in [1.82, 2.24) is 14.6 Å². The van der Waals surface area contributed by atoms with Crippen molar-refractivity contribution >= 4 is 16.3 Å². The number of rotatable bonds is 3. The average molecular weight is 345 g/mol. The zero-order valence-electron chi connectivity index (χ0n) is 13.8. The van der Waals surface area contributed by atoms with Gasteiger partial charge in [-0.05, 0) is 19.9 Å². The highest BCUT2D eigenvalue weighted by atomic mass is 32.1. The van der Waals surface area contributed by atoms with Gasteiger partial charge in [0.25, 0.3) is 0 Å². The van der Waals surface area contributed by atoms with Crippen LogP contribution >= 0.6 is 11.3 Å². The Morgan fingerprint density at radius 1 is 1.29 bits per heavy atom. The van der Waals surface area contributed by atoms with Crippen LogP contribution in [-0.2, 0) is 4.74 Å². The first-order chi connectivity index (χ1) is 11.6. The van der Waals surface area contributed by atoms with Crippen molar-refractivity contribution < 1.29 is 14.7 Å². The molecule has 0 aliphatic carbocycles. The second-order valence-electron chi connectivity index (χ2n) is 6.26. The fourth-order valence-electron chi connectivity index (χ4n) is 3.38. The molecular weight excluding hydrogens is 324 g/mol. The standard InChI is InChI=1S/C17H20N4O2S/c1-11-4-3-5-13(10-11)14(20-6-8-23-9-7-20)15-16(22)21-17(24-15)18-12(2)19-21/h3-5,10,14,22H,6-9H2,1-2H3/p+1/t14-/m0/s1. The number of aryl methyl sites for hydroxylation is 2. The summed E-state index contributed by atoms with van der Waals surface area (Å²) in [5, 5.41) is 15.1. The monoisotopic (exact) mass is 345 g/mol. The van der Waals surface area contributed by atoms with Gasteiger partial charge < -0.3 is 14.7 Å². The van der Waals surface area contributed by atoms with E-state index in [1.807, 2.05) is 6.92 Å². The predicted octanol–water partition coefficient (Wildman–Crippen LogP) is 1.12. The van der Waals surface area contributed by atoms with Crippen LogP contribution in [0.15, 0.2) is 24.3 Å². The zero-order chi connectivity index (χ0) is 16.7. The summed E-state index contributed by atoms with van der Waals surface area (Å²) in [4.78, 5) is 7.48. The summed E-state index contributed by atoms with van der Waals surface area (Å²) < 4.78 is 7.08. The Kier molecular flexibility index (Phi) is 3.99. The van der Waals surface area contributed by atoms with Gasteiger partial charge in [0.2, 0.25) is 10.8 Å². The Morgan fingerprint density at radius 3 is 2.79 bits per heavy atom. The van der Waals surface area contributed by atoms with Gasteiger partial charge in [0.1, 0.15) is 23.8 Å². The number of fused-ring (bicyclic) bond motifs is 1. The first-order valence-corrected chi connectivity index (χ1v) is 8.99. The number of benzene rings is 1. The molecular formula is C17H21N4O2S+. The van der Waals surface area contributed by atoms with Gasteiger partial charge in [-0.1, -0.05) is 35.1 Å². The molecule has 1 aliphatic heterocycles. The van der Waals surface area contributed by atoms with Gasteiger partial charge in [-0.15, -0.1) is 5.10 Å². The Balaban J connectivity index is 1.84. The molecule has 1 aromatic carbocycles. The van der Waals surface area contributed by atoms with Gasteiger partial charge in [-0.2, -0.15) is 4.52 Å². The van der Waals surface area contributed by atoms with Gasteiger partial charge >= 0.3 is 0 Å². The van der Waals surface area contributed by atoms with Crippen LogP contribution < -0.4 is 4.90 Å². The molecule has 4 rings (SSSR count). The van der Waals surface area contributed by atoms with Crippen molar-refractivity contribution in [3.8, 4) is 5.88 Å². The van der Waals surface area contributed by atoms with Crippen molar-refractivity contribution in [3.63, 3.8) is 0 Å². The maximum atomic E-state index is 10.8. The van der Waals surface area contributed by atoms with Crippen LogP contribution in [0.5, 0.6) is 5.88 Å². The quantitative estimate of drug-likeness (QED) is 0.747. The van der Waals surface area contributed by atoms with E-state index >= 15 is 0 Å². The van der Waals surface area contributed by atoms with E-state index in [9.17, 15) is 5.11 Å². The number of aromatic hydroxyl groups is 1. The number of hydrogen-bond donors (Lipinski definition) is 2. The molecule has 0 bridgehead atoms. The normalized spacial score (nSPS) is 17.4. The molecule has 6 nitrogen and oxygen atoms in total. The van der Waals surface area contributed by atoms with E-state index in [0.717, 1.165) is 36.1 Å². The largest absolute Gasteiger partial charge is 0.492 e. The molecule has 3 heterocycles. The molecule has 1 aliphatic rings. The minimum absolute atomic E-state index is 0.0719. The van der Waals surface area contributed by atoms with E-state index < -0.39 is 0 Å². The van der Waals surface area contributed by atoms with Crippen molar-refractivity contribution in [2.45, 2.75) is 19.9 Å². The average Bonchev–Trinajstić information content (AvgIpc) is 3.07. The number of nitrogens with one attached hydrogen (secondary N) is 1. The Bertz CT molecular complexity index is 867. The number of thiazole rings is 1. The lowest BCUT2D eigenvalue weighted by molar-refractivity contribution is -0.932. The molecule has 0 amide bonds. The summed E-state index contributed by atoms with van der Waals surface area (Å²) in [6.45, 7) is 7.28. The third kappa shape index (κ3) is 2.68. The van der Waals surface area contributed by atoms with Gasteiger partial charge in [0.15, 0.2) is 6.04 Å². The molecule has 24 heavy (non-hydrogen) atoms. The summed E-state index contributed by atoms with van der Waals surface area (Å²) >= 11 is 1.52. The number of quaternary nitrogens is 1. The lowest BCUT2D eigenvalue weighted by Gasteiger charge is -2.31. The highest BCUT2D eigenvalue weighted by Crippen LogP contribution is 2.35. The van der Waals surface area contributed by atoms with E-state index in [2.05, 4.69) is 41.3 Å². The van der Waals surface area contributed by atoms with Crippen LogP contribution in [-0.4, -0.2) is 46.0 Å². The van der Waals surface area contributed by atoms with Gasteiger partial charge in [0.05, 0.1) is 13.2 Å². The summed E-state index contributed by atoms with van der Waals surface area (Å²) in [7, 11) is 0. The fraction of sp³-hybridized carbons (Fsp3) is 0.412. The zero-order valence-corrected chi connectivity index (χ0v) is 14.6. The van der Waals surface area contributed by atoms with Crippen molar-refractivity contribution in [2.75, 3.05) is 26.3 Å². The number of hydrogen-bond acceptors (Lipinski definition) is 5. The maximum Gasteiger partial charge on any atom is 0.235 e. The second-order valence-corrected chi connectivity index (χ2v) is 7.27. The first kappa shape index (κ1) is 15.6. The highest BCUT2D eigenvalue weighted by molar-refractivity contribution is 7.17. The summed E-state index contributed by atoms with van der Waals surface area (Å²) in [6, 6.07) is 8.59. The highest BCUT2D eigenvalue weighted by Gasteiger charge is 2.33. The first-order valence-electron chi connectivity index (χ1n) is 8.17. The lowest BCUT2D eigenvalue weighted by atomic mass is 10.0. The minimum atomic E-state index is 0.0719. The molecule has 0 unspecified atom stereocenters. The van der Waals surface area contributed by atoms with Crippen molar-refractivity contribution in [1.29, 1.82) is 0 Å². The molecule has 0 saturated carbocycles. The smallest absolute Gasteiger partial charge is 0.235 e. The van der Waals surface area contributed by atoms with E-state index in [1.165, 1.54) is 27.4 Å². The summed E-state index contributed by atoms with van der Waals surface area (Å²) in [5.41, 5.74) is 2.43. The number of aromatic nitrogens is 3. The van der Waals surface area contributed by atoms with Crippen molar-refractivity contribution in [3.05, 3.63) is 46.1 Å². The van der Waals surface area contributed by atoms with Gasteiger partial charge in [0, 0.05) is 5.56 Å². The van der Waals surface area contributed by atoms with Crippen LogP contribution in [0.25, 0.3) is 4.96 Å². The third-order valence-corrected chi connectivity index (χ3v) is 5.57. The fourth-order valence-corrected chi connectivity index (χ4v) is 4.57. The predicted molar refractivity (Wildman–Crippen MR) is 91.8 cm³/mol. The molecule has 2 aromatic heterocycles. The van der Waals surface area contributed by atoms with Crippen molar-refractivity contribution in [2.24, 2.45) is 0 Å². The van der Waals surface area contributed by atoms with E-state index in [1.54, 1.807) is 4.52 Å². The molecule has 7 heteroatoms. The molecule has 0 radical (unpaired) electrons. The lowest BCUT2D eigenvalue weighted by Crippen LogP contribution is -3.14. The van der Waals surface area contributed by atoms with Crippen LogP contribution in [0.2, 0.25) is 0 Å². The van der Waals surface area contributed by atoms with Crippen LogP contribution in [0, 0.1) is 13.8 Å². The molecule has 126 valence electrons. The third-order valence-electron chi connectivity index (χ3n) is 4.49. The summed E-state index contributed by atoms with van der Waals surface area (Å²) in [5.74, 6) is 0.884. The Labute approximate surface area is 144 Å². The van der Waals surface area contributed by atoms with Crippen LogP contribution in [0.1, 0.15) is 27.9 Å². The number of nitrogens with zero attached hydrogens (tertiary/aromatic N) is 3. The van der Waals surface area contributed by atoms with E-state index in [4.69, 9.17) is 4.74 Å². The van der Waals surface area contributed by atoms with Gasteiger partial charge in [-0.3, -0.25) is 0 Å². The molecule has 0 spiro atoms. The molecule has 1 fully saturated rings. The summed E-state index contributed by atoms with van der Waals surface area (Å²) in [6.07, 6.45) is 0.